The number of hydrogen-bond acceptors (Lipinski definition) is 3. The molecule has 0 bridgehead atoms. The molecule has 1 aromatic carbocycles. The van der Waals surface area contributed by atoms with E-state index in [-0.39, 0.29) is 16.9 Å². The monoisotopic (exact) mass is 271 g/mol. The minimum absolute atomic E-state index is 0.0745. The Labute approximate surface area is 112 Å². The van der Waals surface area contributed by atoms with Crippen LogP contribution in [0, 0.1) is 5.82 Å². The fourth-order valence-electron chi connectivity index (χ4n) is 2.35. The quantitative estimate of drug-likeness (QED) is 0.909. The molecule has 1 aliphatic rings. The number of rotatable bonds is 3. The van der Waals surface area contributed by atoms with Crippen molar-refractivity contribution in [2.24, 2.45) is 5.73 Å². The first kappa shape index (κ1) is 13.7. The summed E-state index contributed by atoms with van der Waals surface area (Å²) in [5, 5.41) is 0.160. The molecule has 1 aromatic rings. The van der Waals surface area contributed by atoms with Crippen molar-refractivity contribution in [3.8, 4) is 0 Å². The molecule has 2 rings (SSSR count). The molecular formula is C13H19ClFN3. The number of piperazine rings is 1. The van der Waals surface area contributed by atoms with Crippen LogP contribution < -0.4 is 5.73 Å². The Morgan fingerprint density at radius 3 is 2.56 bits per heavy atom. The molecule has 100 valence electrons. The fraction of sp³-hybridized carbons (Fsp3) is 0.538. The van der Waals surface area contributed by atoms with Crippen molar-refractivity contribution in [3.63, 3.8) is 0 Å². The van der Waals surface area contributed by atoms with Crippen LogP contribution in [0.3, 0.4) is 0 Å². The zero-order chi connectivity index (χ0) is 13.1. The number of likely N-dealkylation sites (N-methyl/N-ethyl adjacent to an activating group) is 1. The first-order chi connectivity index (χ1) is 8.61. The summed E-state index contributed by atoms with van der Waals surface area (Å²) >= 11 is 5.71. The second-order valence-corrected chi connectivity index (χ2v) is 5.17. The van der Waals surface area contributed by atoms with E-state index in [0.717, 1.165) is 31.7 Å². The molecule has 0 spiro atoms. The largest absolute Gasteiger partial charge is 0.329 e. The second-order valence-electron chi connectivity index (χ2n) is 4.76. The Morgan fingerprint density at radius 2 is 2.00 bits per heavy atom. The van der Waals surface area contributed by atoms with Crippen LogP contribution in [0.1, 0.15) is 11.6 Å². The maximum Gasteiger partial charge on any atom is 0.142 e. The van der Waals surface area contributed by atoms with Crippen LogP contribution in [0.4, 0.5) is 4.39 Å². The lowest BCUT2D eigenvalue weighted by Gasteiger charge is -2.37. The molecule has 1 aliphatic heterocycles. The van der Waals surface area contributed by atoms with E-state index < -0.39 is 0 Å². The van der Waals surface area contributed by atoms with Gasteiger partial charge in [-0.2, -0.15) is 0 Å². The SMILES string of the molecule is CN1CCN(C(CN)c2ccc(Cl)c(F)c2)CC1. The molecule has 0 aliphatic carbocycles. The highest BCUT2D eigenvalue weighted by molar-refractivity contribution is 6.30. The van der Waals surface area contributed by atoms with Gasteiger partial charge in [0.15, 0.2) is 0 Å². The third kappa shape index (κ3) is 3.01. The minimum atomic E-state index is -0.373. The molecule has 1 atom stereocenters. The first-order valence-corrected chi connectivity index (χ1v) is 6.57. The normalized spacial score (nSPS) is 20.0. The molecule has 2 N–H and O–H groups in total. The predicted molar refractivity (Wildman–Crippen MR) is 72.3 cm³/mol. The van der Waals surface area contributed by atoms with Gasteiger partial charge in [-0.3, -0.25) is 4.90 Å². The van der Waals surface area contributed by atoms with Crippen LogP contribution in [-0.2, 0) is 0 Å². The first-order valence-electron chi connectivity index (χ1n) is 6.19. The van der Waals surface area contributed by atoms with Gasteiger partial charge in [0.25, 0.3) is 0 Å². The van der Waals surface area contributed by atoms with Crippen molar-refractivity contribution in [3.05, 3.63) is 34.6 Å². The van der Waals surface area contributed by atoms with Crippen LogP contribution in [0.2, 0.25) is 5.02 Å². The molecule has 3 nitrogen and oxygen atoms in total. The van der Waals surface area contributed by atoms with Gasteiger partial charge in [0.05, 0.1) is 5.02 Å². The predicted octanol–water partition coefficient (Wildman–Crippen LogP) is 1.73. The summed E-state index contributed by atoms with van der Waals surface area (Å²) in [6.07, 6.45) is 0. The highest BCUT2D eigenvalue weighted by atomic mass is 35.5. The zero-order valence-electron chi connectivity index (χ0n) is 10.6. The Kier molecular flexibility index (Phi) is 4.56. The van der Waals surface area contributed by atoms with E-state index in [2.05, 4.69) is 16.8 Å². The van der Waals surface area contributed by atoms with E-state index in [1.165, 1.54) is 6.07 Å². The Hall–Kier alpha value is -0.680. The molecule has 0 amide bonds. The van der Waals surface area contributed by atoms with Crippen molar-refractivity contribution in [2.75, 3.05) is 39.8 Å². The highest BCUT2D eigenvalue weighted by Crippen LogP contribution is 2.24. The third-order valence-corrected chi connectivity index (χ3v) is 3.84. The molecule has 5 heteroatoms. The Morgan fingerprint density at radius 1 is 1.33 bits per heavy atom. The van der Waals surface area contributed by atoms with Crippen LogP contribution in [0.5, 0.6) is 0 Å². The summed E-state index contributed by atoms with van der Waals surface area (Å²) < 4.78 is 13.5. The van der Waals surface area contributed by atoms with Gasteiger partial charge in [-0.25, -0.2) is 4.39 Å². The van der Waals surface area contributed by atoms with E-state index in [4.69, 9.17) is 17.3 Å². The van der Waals surface area contributed by atoms with E-state index in [0.29, 0.717) is 6.54 Å². The minimum Gasteiger partial charge on any atom is -0.329 e. The van der Waals surface area contributed by atoms with Gasteiger partial charge in [-0.05, 0) is 24.7 Å². The van der Waals surface area contributed by atoms with Crippen molar-refractivity contribution >= 4 is 11.6 Å². The molecular weight excluding hydrogens is 253 g/mol. The van der Waals surface area contributed by atoms with Gasteiger partial charge >= 0.3 is 0 Å². The molecule has 0 radical (unpaired) electrons. The molecule has 1 heterocycles. The standard InChI is InChI=1S/C13H19ClFN3/c1-17-4-6-18(7-5-17)13(9-16)10-2-3-11(14)12(15)8-10/h2-3,8,13H,4-7,9,16H2,1H3. The van der Waals surface area contributed by atoms with Gasteiger partial charge in [-0.15, -0.1) is 0 Å². The zero-order valence-corrected chi connectivity index (χ0v) is 11.3. The highest BCUT2D eigenvalue weighted by Gasteiger charge is 2.23. The number of nitrogens with two attached hydrogens (primary N) is 1. The van der Waals surface area contributed by atoms with Crippen LogP contribution in [0.15, 0.2) is 18.2 Å². The number of nitrogens with zero attached hydrogens (tertiary/aromatic N) is 2. The molecule has 1 saturated heterocycles. The van der Waals surface area contributed by atoms with Crippen LogP contribution in [-0.4, -0.2) is 49.6 Å². The van der Waals surface area contributed by atoms with Crippen molar-refractivity contribution in [1.29, 1.82) is 0 Å². The summed E-state index contributed by atoms with van der Waals surface area (Å²) in [5.41, 5.74) is 6.75. The van der Waals surface area contributed by atoms with E-state index >= 15 is 0 Å². The van der Waals surface area contributed by atoms with Crippen molar-refractivity contribution in [2.45, 2.75) is 6.04 Å². The van der Waals surface area contributed by atoms with E-state index in [1.807, 2.05) is 6.07 Å². The Bertz CT molecular complexity index is 405. The summed E-state index contributed by atoms with van der Waals surface area (Å²) in [4.78, 5) is 4.59. The summed E-state index contributed by atoms with van der Waals surface area (Å²) in [5.74, 6) is -0.373. The molecule has 1 unspecified atom stereocenters. The lowest BCUT2D eigenvalue weighted by Crippen LogP contribution is -2.47. The van der Waals surface area contributed by atoms with Gasteiger partial charge < -0.3 is 10.6 Å². The number of hydrogen-bond donors (Lipinski definition) is 1. The van der Waals surface area contributed by atoms with E-state index in [1.54, 1.807) is 6.07 Å². The lowest BCUT2D eigenvalue weighted by atomic mass is 10.0. The maximum absolute atomic E-state index is 13.5. The van der Waals surface area contributed by atoms with Crippen LogP contribution in [0.25, 0.3) is 0 Å². The topological polar surface area (TPSA) is 32.5 Å². The maximum atomic E-state index is 13.5. The average molecular weight is 272 g/mol. The molecule has 0 saturated carbocycles. The molecule has 18 heavy (non-hydrogen) atoms. The summed E-state index contributed by atoms with van der Waals surface area (Å²) in [7, 11) is 2.11. The second kappa shape index (κ2) is 5.97. The number of benzene rings is 1. The van der Waals surface area contributed by atoms with Crippen LogP contribution >= 0.6 is 11.6 Å². The van der Waals surface area contributed by atoms with Gasteiger partial charge in [0, 0.05) is 38.8 Å². The summed E-state index contributed by atoms with van der Waals surface area (Å²) in [6.45, 7) is 4.45. The van der Waals surface area contributed by atoms with Gasteiger partial charge in [-0.1, -0.05) is 17.7 Å². The summed E-state index contributed by atoms with van der Waals surface area (Å²) in [6, 6.07) is 5.04. The fourth-order valence-corrected chi connectivity index (χ4v) is 2.47. The van der Waals surface area contributed by atoms with E-state index in [9.17, 15) is 4.39 Å². The lowest BCUT2D eigenvalue weighted by molar-refractivity contribution is 0.114. The smallest absolute Gasteiger partial charge is 0.142 e. The van der Waals surface area contributed by atoms with Gasteiger partial charge in [0.1, 0.15) is 5.82 Å². The molecule has 1 fully saturated rings. The van der Waals surface area contributed by atoms with Gasteiger partial charge in [0.2, 0.25) is 0 Å². The third-order valence-electron chi connectivity index (χ3n) is 3.53. The van der Waals surface area contributed by atoms with Crippen molar-refractivity contribution < 1.29 is 4.39 Å². The van der Waals surface area contributed by atoms with Crippen molar-refractivity contribution in [1.82, 2.24) is 9.80 Å². The number of halogens is 2. The Balaban J connectivity index is 2.14. The average Bonchev–Trinajstić information content (AvgIpc) is 2.37. The molecule has 0 aromatic heterocycles.